The lowest BCUT2D eigenvalue weighted by Gasteiger charge is -2.28. The van der Waals surface area contributed by atoms with Crippen LogP contribution in [-0.4, -0.2) is 56.2 Å². The third-order valence-electron chi connectivity index (χ3n) is 3.57. The molecule has 0 aliphatic carbocycles. The molecule has 20 heavy (non-hydrogen) atoms. The predicted molar refractivity (Wildman–Crippen MR) is 78.9 cm³/mol. The molecule has 1 fully saturated rings. The second-order valence-electron chi connectivity index (χ2n) is 5.37. The molecular formula is C14H22N4O2. The van der Waals surface area contributed by atoms with Crippen molar-refractivity contribution in [3.63, 3.8) is 0 Å². The van der Waals surface area contributed by atoms with Crippen molar-refractivity contribution < 1.29 is 9.53 Å². The highest BCUT2D eigenvalue weighted by atomic mass is 16.5. The van der Waals surface area contributed by atoms with Crippen molar-refractivity contribution in [3.8, 4) is 0 Å². The van der Waals surface area contributed by atoms with E-state index in [9.17, 15) is 4.79 Å². The molecule has 110 valence electrons. The van der Waals surface area contributed by atoms with Gasteiger partial charge in [-0.3, -0.25) is 0 Å². The van der Waals surface area contributed by atoms with Gasteiger partial charge in [0.2, 0.25) is 0 Å². The fourth-order valence-electron chi connectivity index (χ4n) is 2.65. The fraction of sp³-hybridized carbons (Fsp3) is 0.571. The second-order valence-corrected chi connectivity index (χ2v) is 5.37. The molecule has 1 atom stereocenters. The van der Waals surface area contributed by atoms with Gasteiger partial charge < -0.3 is 20.3 Å². The first-order chi connectivity index (χ1) is 9.52. The van der Waals surface area contributed by atoms with E-state index in [2.05, 4.69) is 28.9 Å². The third kappa shape index (κ3) is 3.01. The lowest BCUT2D eigenvalue weighted by atomic mass is 10.2. The first kappa shape index (κ1) is 14.6. The highest BCUT2D eigenvalue weighted by Crippen LogP contribution is 2.26. The summed E-state index contributed by atoms with van der Waals surface area (Å²) >= 11 is 0. The number of carbonyl (C=O) groups excluding carboxylic acids is 1. The second kappa shape index (κ2) is 6.09. The largest absolute Gasteiger partial charge is 0.465 e. The van der Waals surface area contributed by atoms with Crippen molar-refractivity contribution in [2.45, 2.75) is 18.9 Å². The molecule has 6 heteroatoms. The quantitative estimate of drug-likeness (QED) is 0.828. The van der Waals surface area contributed by atoms with E-state index in [0.29, 0.717) is 17.3 Å². The summed E-state index contributed by atoms with van der Waals surface area (Å²) in [6.45, 7) is 1.93. The molecular weight excluding hydrogens is 256 g/mol. The third-order valence-corrected chi connectivity index (χ3v) is 3.57. The van der Waals surface area contributed by atoms with Gasteiger partial charge in [-0.05, 0) is 33.0 Å². The number of likely N-dealkylation sites (N-methyl/N-ethyl adjacent to an activating group) is 1. The van der Waals surface area contributed by atoms with Crippen molar-refractivity contribution in [2.75, 3.05) is 44.9 Å². The van der Waals surface area contributed by atoms with Gasteiger partial charge in [-0.2, -0.15) is 0 Å². The van der Waals surface area contributed by atoms with Crippen molar-refractivity contribution in [1.82, 2.24) is 9.88 Å². The Hall–Kier alpha value is -1.82. The molecule has 1 aliphatic rings. The first-order valence-electron chi connectivity index (χ1n) is 6.78. The molecule has 0 spiro atoms. The van der Waals surface area contributed by atoms with Crippen LogP contribution in [0.3, 0.4) is 0 Å². The number of carbonyl (C=O) groups is 1. The summed E-state index contributed by atoms with van der Waals surface area (Å²) in [6.07, 6.45) is 3.81. The lowest BCUT2D eigenvalue weighted by molar-refractivity contribution is 0.0602. The van der Waals surface area contributed by atoms with Crippen LogP contribution in [0.4, 0.5) is 11.5 Å². The minimum absolute atomic E-state index is 0.351. The van der Waals surface area contributed by atoms with Gasteiger partial charge in [-0.25, -0.2) is 9.78 Å². The van der Waals surface area contributed by atoms with Gasteiger partial charge in [0.1, 0.15) is 5.82 Å². The molecule has 0 aromatic carbocycles. The van der Waals surface area contributed by atoms with Crippen LogP contribution in [-0.2, 0) is 4.74 Å². The Morgan fingerprint density at radius 3 is 3.00 bits per heavy atom. The van der Waals surface area contributed by atoms with E-state index < -0.39 is 5.97 Å². The maximum absolute atomic E-state index is 11.7. The Labute approximate surface area is 119 Å². The van der Waals surface area contributed by atoms with E-state index in [4.69, 9.17) is 10.5 Å². The van der Waals surface area contributed by atoms with Crippen LogP contribution in [0.25, 0.3) is 0 Å². The zero-order chi connectivity index (χ0) is 14.7. The number of aromatic nitrogens is 1. The van der Waals surface area contributed by atoms with Crippen LogP contribution >= 0.6 is 0 Å². The number of pyridine rings is 1. The molecule has 1 aliphatic heterocycles. The summed E-state index contributed by atoms with van der Waals surface area (Å²) in [5, 5.41) is 0. The van der Waals surface area contributed by atoms with Gasteiger partial charge in [0.05, 0.1) is 24.6 Å². The number of nitrogens with zero attached hydrogens (tertiary/aromatic N) is 3. The highest BCUT2D eigenvalue weighted by Gasteiger charge is 2.27. The van der Waals surface area contributed by atoms with E-state index >= 15 is 0 Å². The van der Waals surface area contributed by atoms with E-state index in [1.807, 2.05) is 0 Å². The Bertz CT molecular complexity index is 490. The van der Waals surface area contributed by atoms with Crippen molar-refractivity contribution >= 4 is 17.5 Å². The monoisotopic (exact) mass is 278 g/mol. The van der Waals surface area contributed by atoms with Crippen molar-refractivity contribution in [1.29, 1.82) is 0 Å². The summed E-state index contributed by atoms with van der Waals surface area (Å²) in [7, 11) is 5.48. The molecule has 6 nitrogen and oxygen atoms in total. The average molecular weight is 278 g/mol. The van der Waals surface area contributed by atoms with E-state index in [-0.39, 0.29) is 0 Å². The summed E-state index contributed by atoms with van der Waals surface area (Å²) in [4.78, 5) is 20.5. The zero-order valence-corrected chi connectivity index (χ0v) is 12.3. The van der Waals surface area contributed by atoms with E-state index in [1.165, 1.54) is 13.3 Å². The molecule has 2 rings (SSSR count). The highest BCUT2D eigenvalue weighted by molar-refractivity contribution is 5.95. The van der Waals surface area contributed by atoms with Crippen LogP contribution in [0.15, 0.2) is 12.3 Å². The van der Waals surface area contributed by atoms with Gasteiger partial charge in [0.25, 0.3) is 0 Å². The Morgan fingerprint density at radius 1 is 1.60 bits per heavy atom. The molecule has 0 amide bonds. The van der Waals surface area contributed by atoms with Gasteiger partial charge in [0, 0.05) is 19.1 Å². The SMILES string of the molecule is COC(=O)c1cc(N2CCCC2CN(C)C)ncc1N. The van der Waals surface area contributed by atoms with Crippen LogP contribution in [0.5, 0.6) is 0 Å². The summed E-state index contributed by atoms with van der Waals surface area (Å²) in [6, 6.07) is 2.15. The van der Waals surface area contributed by atoms with Crippen LogP contribution in [0, 0.1) is 0 Å². The number of esters is 1. The topological polar surface area (TPSA) is 71.7 Å². The lowest BCUT2D eigenvalue weighted by Crippen LogP contribution is -2.38. The number of nitrogens with two attached hydrogens (primary N) is 1. The number of hydrogen-bond donors (Lipinski definition) is 1. The molecule has 1 aromatic rings. The standard InChI is InChI=1S/C14H22N4O2/c1-17(2)9-10-5-4-6-18(10)13-7-11(14(19)20-3)12(15)8-16-13/h7-8,10H,4-6,9,15H2,1-3H3. The molecule has 0 bridgehead atoms. The van der Waals surface area contributed by atoms with Gasteiger partial charge in [0.15, 0.2) is 0 Å². The summed E-state index contributed by atoms with van der Waals surface area (Å²) in [5.74, 6) is 0.374. The van der Waals surface area contributed by atoms with Gasteiger partial charge in [-0.15, -0.1) is 0 Å². The maximum atomic E-state index is 11.7. The van der Waals surface area contributed by atoms with Crippen LogP contribution < -0.4 is 10.6 Å². The number of rotatable bonds is 4. The molecule has 1 aromatic heterocycles. The maximum Gasteiger partial charge on any atom is 0.340 e. The average Bonchev–Trinajstić information content (AvgIpc) is 2.85. The van der Waals surface area contributed by atoms with Crippen molar-refractivity contribution in [2.24, 2.45) is 0 Å². The minimum Gasteiger partial charge on any atom is -0.465 e. The Kier molecular flexibility index (Phi) is 4.44. The summed E-state index contributed by atoms with van der Waals surface area (Å²) in [5.41, 5.74) is 6.52. The number of nitrogen functional groups attached to an aromatic ring is 1. The normalized spacial score (nSPS) is 18.6. The zero-order valence-electron chi connectivity index (χ0n) is 12.3. The van der Waals surface area contributed by atoms with Crippen LogP contribution in [0.1, 0.15) is 23.2 Å². The number of methoxy groups -OCH3 is 1. The molecule has 2 N–H and O–H groups in total. The molecule has 0 radical (unpaired) electrons. The van der Waals surface area contributed by atoms with Gasteiger partial charge >= 0.3 is 5.97 Å². The Balaban J connectivity index is 2.26. The molecule has 2 heterocycles. The molecule has 1 unspecified atom stereocenters. The minimum atomic E-state index is -0.422. The van der Waals surface area contributed by atoms with Gasteiger partial charge in [-0.1, -0.05) is 0 Å². The van der Waals surface area contributed by atoms with E-state index in [1.54, 1.807) is 6.07 Å². The fourth-order valence-corrected chi connectivity index (χ4v) is 2.65. The predicted octanol–water partition coefficient (Wildman–Crippen LogP) is 0.981. The first-order valence-corrected chi connectivity index (χ1v) is 6.78. The Morgan fingerprint density at radius 2 is 2.35 bits per heavy atom. The number of hydrogen-bond acceptors (Lipinski definition) is 6. The van der Waals surface area contributed by atoms with Crippen LogP contribution in [0.2, 0.25) is 0 Å². The smallest absolute Gasteiger partial charge is 0.340 e. The van der Waals surface area contributed by atoms with E-state index in [0.717, 1.165) is 31.7 Å². The summed E-state index contributed by atoms with van der Waals surface area (Å²) < 4.78 is 4.75. The molecule has 1 saturated heterocycles. The molecule has 0 saturated carbocycles. The van der Waals surface area contributed by atoms with Crippen molar-refractivity contribution in [3.05, 3.63) is 17.8 Å². The number of anilines is 2. The number of ether oxygens (including phenoxy) is 1.